The topological polar surface area (TPSA) is 72.2 Å². The van der Waals surface area contributed by atoms with E-state index in [1.807, 2.05) is 74.5 Å². The van der Waals surface area contributed by atoms with Crippen molar-refractivity contribution in [3.8, 4) is 0 Å². The van der Waals surface area contributed by atoms with Crippen LogP contribution in [0.15, 0.2) is 60.7 Å². The Hall–Kier alpha value is -2.62. The fourth-order valence-corrected chi connectivity index (χ4v) is 2.97. The van der Waals surface area contributed by atoms with Gasteiger partial charge in [0, 0.05) is 0 Å². The van der Waals surface area contributed by atoms with Crippen LogP contribution in [0.3, 0.4) is 0 Å². The Morgan fingerprint density at radius 1 is 1.00 bits per heavy atom. The quantitative estimate of drug-likeness (QED) is 0.776. The Kier molecular flexibility index (Phi) is 6.34. The van der Waals surface area contributed by atoms with E-state index in [1.54, 1.807) is 0 Å². The molecule has 4 heteroatoms. The minimum Gasteiger partial charge on any atom is -0.368 e. The number of carbonyl (C=O) groups excluding carboxylic acids is 2. The van der Waals surface area contributed by atoms with Crippen LogP contribution in [0.5, 0.6) is 0 Å². The van der Waals surface area contributed by atoms with Gasteiger partial charge in [0.1, 0.15) is 6.04 Å². The van der Waals surface area contributed by atoms with Crippen molar-refractivity contribution in [2.45, 2.75) is 44.6 Å². The van der Waals surface area contributed by atoms with E-state index in [2.05, 4.69) is 5.32 Å². The molecule has 2 aromatic rings. The number of nitrogens with one attached hydrogen (secondary N) is 1. The highest BCUT2D eigenvalue weighted by atomic mass is 16.2. The minimum atomic E-state index is -0.900. The minimum absolute atomic E-state index is 0.218. The zero-order chi connectivity index (χ0) is 18.3. The molecule has 0 aliphatic heterocycles. The number of unbranched alkanes of at least 4 members (excludes halogenated alkanes) is 1. The van der Waals surface area contributed by atoms with Gasteiger partial charge in [0.15, 0.2) is 0 Å². The number of nitrogens with two attached hydrogens (primary N) is 1. The van der Waals surface area contributed by atoms with E-state index >= 15 is 0 Å². The van der Waals surface area contributed by atoms with Crippen LogP contribution in [0.2, 0.25) is 0 Å². The molecule has 0 heterocycles. The summed E-state index contributed by atoms with van der Waals surface area (Å²) in [5, 5.41) is 2.88. The largest absolute Gasteiger partial charge is 0.368 e. The molecule has 3 N–H and O–H groups in total. The maximum atomic E-state index is 13.2. The van der Waals surface area contributed by atoms with Crippen LogP contribution in [0.1, 0.15) is 44.2 Å². The monoisotopic (exact) mass is 338 g/mol. The zero-order valence-electron chi connectivity index (χ0n) is 14.9. The number of primary amides is 1. The molecule has 0 aliphatic carbocycles. The van der Waals surface area contributed by atoms with Crippen LogP contribution >= 0.6 is 0 Å². The molecular weight excluding hydrogens is 312 g/mol. The van der Waals surface area contributed by atoms with E-state index in [4.69, 9.17) is 5.73 Å². The summed E-state index contributed by atoms with van der Waals surface area (Å²) in [7, 11) is 0. The molecule has 132 valence electrons. The summed E-state index contributed by atoms with van der Waals surface area (Å²) in [5.41, 5.74) is 6.34. The van der Waals surface area contributed by atoms with Crippen LogP contribution in [0.4, 0.5) is 0 Å². The van der Waals surface area contributed by atoms with Crippen molar-refractivity contribution in [1.82, 2.24) is 5.32 Å². The molecule has 25 heavy (non-hydrogen) atoms. The van der Waals surface area contributed by atoms with Crippen LogP contribution in [0.25, 0.3) is 0 Å². The van der Waals surface area contributed by atoms with E-state index in [-0.39, 0.29) is 5.91 Å². The molecule has 2 rings (SSSR count). The van der Waals surface area contributed by atoms with Gasteiger partial charge in [-0.25, -0.2) is 0 Å². The van der Waals surface area contributed by atoms with Crippen molar-refractivity contribution in [3.63, 3.8) is 0 Å². The van der Waals surface area contributed by atoms with E-state index in [9.17, 15) is 9.59 Å². The first-order chi connectivity index (χ1) is 12.0. The van der Waals surface area contributed by atoms with Crippen molar-refractivity contribution in [3.05, 3.63) is 71.8 Å². The van der Waals surface area contributed by atoms with E-state index < -0.39 is 17.4 Å². The molecule has 4 nitrogen and oxygen atoms in total. The molecule has 0 radical (unpaired) electrons. The summed E-state index contributed by atoms with van der Waals surface area (Å²) in [6.45, 7) is 3.92. The predicted molar refractivity (Wildman–Crippen MR) is 100.0 cm³/mol. The maximum Gasteiger partial charge on any atom is 0.240 e. The molecule has 0 bridgehead atoms. The van der Waals surface area contributed by atoms with Gasteiger partial charge in [-0.15, -0.1) is 0 Å². The summed E-state index contributed by atoms with van der Waals surface area (Å²) >= 11 is 0. The lowest BCUT2D eigenvalue weighted by molar-refractivity contribution is -0.130. The van der Waals surface area contributed by atoms with Gasteiger partial charge in [-0.05, 0) is 24.5 Å². The van der Waals surface area contributed by atoms with Crippen LogP contribution in [-0.2, 0) is 15.0 Å². The van der Waals surface area contributed by atoms with Crippen LogP contribution in [0, 0.1) is 0 Å². The van der Waals surface area contributed by atoms with Gasteiger partial charge < -0.3 is 11.1 Å². The Balaban J connectivity index is 2.39. The Morgan fingerprint density at radius 2 is 1.48 bits per heavy atom. The van der Waals surface area contributed by atoms with Gasteiger partial charge in [-0.2, -0.15) is 0 Å². The highest BCUT2D eigenvalue weighted by Gasteiger charge is 2.38. The third-order valence-corrected chi connectivity index (χ3v) is 4.65. The lowest BCUT2D eigenvalue weighted by Crippen LogP contribution is -2.51. The number of hydrogen-bond acceptors (Lipinski definition) is 2. The SMILES string of the molecule is CCCC[C@@H](NC(=O)C(C)(c1ccccc1)c1ccccc1)C(N)=O. The van der Waals surface area contributed by atoms with Crippen LogP contribution < -0.4 is 11.1 Å². The molecule has 1 atom stereocenters. The summed E-state index contributed by atoms with van der Waals surface area (Å²) in [6, 6.07) is 18.5. The average molecular weight is 338 g/mol. The van der Waals surface area contributed by atoms with Crippen molar-refractivity contribution in [1.29, 1.82) is 0 Å². The summed E-state index contributed by atoms with van der Waals surface area (Å²) in [5.74, 6) is -0.713. The van der Waals surface area contributed by atoms with Gasteiger partial charge >= 0.3 is 0 Å². The predicted octanol–water partition coefficient (Wildman–Crippen LogP) is 3.15. The van der Waals surface area contributed by atoms with E-state index in [0.29, 0.717) is 6.42 Å². The van der Waals surface area contributed by atoms with Crippen molar-refractivity contribution >= 4 is 11.8 Å². The second kappa shape index (κ2) is 8.47. The van der Waals surface area contributed by atoms with Crippen molar-refractivity contribution in [2.75, 3.05) is 0 Å². The smallest absolute Gasteiger partial charge is 0.240 e. The average Bonchev–Trinajstić information content (AvgIpc) is 2.65. The second-order valence-corrected chi connectivity index (χ2v) is 6.43. The first kappa shape index (κ1) is 18.7. The lowest BCUT2D eigenvalue weighted by atomic mass is 9.75. The van der Waals surface area contributed by atoms with E-state index in [0.717, 1.165) is 24.0 Å². The zero-order valence-corrected chi connectivity index (χ0v) is 14.9. The van der Waals surface area contributed by atoms with Gasteiger partial charge in [0.05, 0.1) is 5.41 Å². The molecule has 0 spiro atoms. The molecule has 0 unspecified atom stereocenters. The molecular formula is C21H26N2O2. The Morgan fingerprint density at radius 3 is 1.88 bits per heavy atom. The Labute approximate surface area is 149 Å². The number of amides is 2. The molecule has 2 amide bonds. The first-order valence-electron chi connectivity index (χ1n) is 8.71. The number of benzene rings is 2. The molecule has 2 aromatic carbocycles. The van der Waals surface area contributed by atoms with Gasteiger partial charge in [-0.3, -0.25) is 9.59 Å². The fourth-order valence-electron chi connectivity index (χ4n) is 2.97. The maximum absolute atomic E-state index is 13.2. The Bertz CT molecular complexity index is 659. The fraction of sp³-hybridized carbons (Fsp3) is 0.333. The third kappa shape index (κ3) is 4.27. The molecule has 0 saturated carbocycles. The van der Waals surface area contributed by atoms with Crippen molar-refractivity contribution < 1.29 is 9.59 Å². The van der Waals surface area contributed by atoms with Gasteiger partial charge in [-0.1, -0.05) is 80.4 Å². The van der Waals surface area contributed by atoms with E-state index in [1.165, 1.54) is 0 Å². The molecule has 0 fully saturated rings. The number of rotatable bonds is 8. The highest BCUT2D eigenvalue weighted by molar-refractivity contribution is 5.95. The van der Waals surface area contributed by atoms with Gasteiger partial charge in [0.2, 0.25) is 11.8 Å². The molecule has 0 saturated heterocycles. The summed E-state index contributed by atoms with van der Waals surface area (Å²) in [6.07, 6.45) is 2.33. The lowest BCUT2D eigenvalue weighted by Gasteiger charge is -2.31. The second-order valence-electron chi connectivity index (χ2n) is 6.43. The highest BCUT2D eigenvalue weighted by Crippen LogP contribution is 2.32. The standard InChI is InChI=1S/C21H26N2O2/c1-3-4-15-18(19(22)24)23-20(25)21(2,16-11-7-5-8-12-16)17-13-9-6-10-14-17/h5-14,18H,3-4,15H2,1-2H3,(H2,22,24)(H,23,25)/t18-/m1/s1. The molecule has 0 aliphatic rings. The third-order valence-electron chi connectivity index (χ3n) is 4.65. The van der Waals surface area contributed by atoms with Gasteiger partial charge in [0.25, 0.3) is 0 Å². The first-order valence-corrected chi connectivity index (χ1v) is 8.71. The van der Waals surface area contributed by atoms with Crippen LogP contribution in [-0.4, -0.2) is 17.9 Å². The van der Waals surface area contributed by atoms with Crippen molar-refractivity contribution in [2.24, 2.45) is 5.73 Å². The molecule has 0 aromatic heterocycles. The normalized spacial score (nSPS) is 12.4. The number of carbonyl (C=O) groups is 2. The summed E-state index contributed by atoms with van der Waals surface area (Å²) < 4.78 is 0. The summed E-state index contributed by atoms with van der Waals surface area (Å²) in [4.78, 5) is 25.0. The number of hydrogen-bond donors (Lipinski definition) is 2.